The van der Waals surface area contributed by atoms with Crippen molar-refractivity contribution in [3.8, 4) is 5.75 Å². The lowest BCUT2D eigenvalue weighted by molar-refractivity contribution is 0.102. The second-order valence-electron chi connectivity index (χ2n) is 4.31. The van der Waals surface area contributed by atoms with E-state index in [0.29, 0.717) is 21.7 Å². The van der Waals surface area contributed by atoms with E-state index in [4.69, 9.17) is 4.74 Å². The smallest absolute Gasteiger partial charge is 0.271 e. The molecule has 19 heavy (non-hydrogen) atoms. The fourth-order valence-corrected chi connectivity index (χ4v) is 3.09. The Labute approximate surface area is 119 Å². The number of hydrogen-bond acceptors (Lipinski definition) is 6. The summed E-state index contributed by atoms with van der Waals surface area (Å²) >= 11 is 2.79. The molecule has 0 atom stereocenters. The third-order valence-electron chi connectivity index (χ3n) is 2.40. The summed E-state index contributed by atoms with van der Waals surface area (Å²) in [5.41, 5.74) is 0. The number of thiophene rings is 1. The fourth-order valence-electron chi connectivity index (χ4n) is 1.47. The summed E-state index contributed by atoms with van der Waals surface area (Å²) in [7, 11) is 1.56. The number of nitrogens with zero attached hydrogens (tertiary/aromatic N) is 2. The molecule has 1 amide bonds. The lowest BCUT2D eigenvalue weighted by Crippen LogP contribution is -2.10. The van der Waals surface area contributed by atoms with Crippen molar-refractivity contribution in [1.82, 2.24) is 10.2 Å². The first-order chi connectivity index (χ1) is 9.01. The molecular formula is C12H15N3O2S2. The second-order valence-corrected chi connectivity index (χ2v) is 6.57. The Hall–Kier alpha value is -1.47. The van der Waals surface area contributed by atoms with Gasteiger partial charge < -0.3 is 4.74 Å². The van der Waals surface area contributed by atoms with E-state index in [1.807, 2.05) is 26.8 Å². The lowest BCUT2D eigenvalue weighted by Gasteiger charge is -2.01. The van der Waals surface area contributed by atoms with E-state index in [9.17, 15) is 4.79 Å². The molecule has 0 aliphatic heterocycles. The van der Waals surface area contributed by atoms with Crippen LogP contribution in [0.3, 0.4) is 0 Å². The number of anilines is 1. The van der Waals surface area contributed by atoms with E-state index < -0.39 is 0 Å². The van der Waals surface area contributed by atoms with E-state index in [-0.39, 0.29) is 5.91 Å². The van der Waals surface area contributed by atoms with E-state index in [0.717, 1.165) is 9.88 Å². The van der Waals surface area contributed by atoms with Crippen LogP contribution in [0.5, 0.6) is 5.75 Å². The van der Waals surface area contributed by atoms with Crippen LogP contribution < -0.4 is 10.1 Å². The number of methoxy groups -OCH3 is 1. The highest BCUT2D eigenvalue weighted by molar-refractivity contribution is 7.16. The van der Waals surface area contributed by atoms with Crippen LogP contribution in [0.25, 0.3) is 0 Å². The van der Waals surface area contributed by atoms with E-state index in [1.165, 1.54) is 22.7 Å². The molecule has 2 heterocycles. The van der Waals surface area contributed by atoms with Crippen molar-refractivity contribution in [3.05, 3.63) is 20.8 Å². The maximum Gasteiger partial charge on any atom is 0.271 e. The van der Waals surface area contributed by atoms with Crippen molar-refractivity contribution >= 4 is 33.7 Å². The summed E-state index contributed by atoms with van der Waals surface area (Å²) in [6.07, 6.45) is 0. The number of aromatic nitrogens is 2. The molecule has 102 valence electrons. The molecule has 0 fully saturated rings. The first kappa shape index (κ1) is 14.0. The zero-order valence-electron chi connectivity index (χ0n) is 11.2. The molecule has 0 bridgehead atoms. The largest absolute Gasteiger partial charge is 0.495 e. The van der Waals surface area contributed by atoms with Crippen molar-refractivity contribution in [2.45, 2.75) is 26.7 Å². The van der Waals surface area contributed by atoms with Crippen molar-refractivity contribution < 1.29 is 9.53 Å². The zero-order chi connectivity index (χ0) is 14.0. The molecule has 0 spiro atoms. The van der Waals surface area contributed by atoms with Gasteiger partial charge in [-0.25, -0.2) is 0 Å². The molecule has 0 radical (unpaired) electrons. The minimum Gasteiger partial charge on any atom is -0.495 e. The standard InChI is InChI=1S/C12H15N3O2S2/c1-6(2)11-14-15-12(19-11)13-10(16)9-8(17-4)5-7(3)18-9/h5-6H,1-4H3,(H,13,15,16). The Balaban J connectivity index is 2.15. The summed E-state index contributed by atoms with van der Waals surface area (Å²) in [4.78, 5) is 13.7. The number of hydrogen-bond donors (Lipinski definition) is 1. The third-order valence-corrected chi connectivity index (χ3v) is 4.57. The Kier molecular flexibility index (Phi) is 4.16. The maximum atomic E-state index is 12.1. The van der Waals surface area contributed by atoms with E-state index >= 15 is 0 Å². The molecule has 0 aliphatic carbocycles. The average molecular weight is 297 g/mol. The third kappa shape index (κ3) is 3.10. The summed E-state index contributed by atoms with van der Waals surface area (Å²) < 4.78 is 5.19. The molecule has 0 aromatic carbocycles. The molecule has 2 rings (SSSR count). The van der Waals surface area contributed by atoms with Crippen LogP contribution in [0.4, 0.5) is 5.13 Å². The van der Waals surface area contributed by atoms with Crippen molar-refractivity contribution in [2.75, 3.05) is 12.4 Å². The Morgan fingerprint density at radius 3 is 2.68 bits per heavy atom. The SMILES string of the molecule is COc1cc(C)sc1C(=O)Nc1nnc(C(C)C)s1. The van der Waals surface area contributed by atoms with Crippen LogP contribution in [0, 0.1) is 6.92 Å². The van der Waals surface area contributed by atoms with Crippen LogP contribution in [0.1, 0.15) is 39.3 Å². The minimum absolute atomic E-state index is 0.207. The van der Waals surface area contributed by atoms with Gasteiger partial charge in [0.1, 0.15) is 15.6 Å². The van der Waals surface area contributed by atoms with Gasteiger partial charge in [-0.05, 0) is 13.0 Å². The van der Waals surface area contributed by atoms with Gasteiger partial charge in [-0.2, -0.15) is 0 Å². The van der Waals surface area contributed by atoms with Gasteiger partial charge in [-0.1, -0.05) is 25.2 Å². The van der Waals surface area contributed by atoms with Gasteiger partial charge >= 0.3 is 0 Å². The maximum absolute atomic E-state index is 12.1. The van der Waals surface area contributed by atoms with Gasteiger partial charge in [0.2, 0.25) is 5.13 Å². The Morgan fingerprint density at radius 2 is 2.11 bits per heavy atom. The molecule has 7 heteroatoms. The van der Waals surface area contributed by atoms with Crippen molar-refractivity contribution in [2.24, 2.45) is 0 Å². The van der Waals surface area contributed by atoms with Gasteiger partial charge in [0.25, 0.3) is 5.91 Å². The average Bonchev–Trinajstić information content (AvgIpc) is 2.95. The summed E-state index contributed by atoms with van der Waals surface area (Å²) in [5.74, 6) is 0.691. The van der Waals surface area contributed by atoms with Crippen LogP contribution in [0.15, 0.2) is 6.07 Å². The van der Waals surface area contributed by atoms with Crippen molar-refractivity contribution in [3.63, 3.8) is 0 Å². The molecule has 0 aliphatic rings. The number of ether oxygens (including phenoxy) is 1. The van der Waals surface area contributed by atoms with Crippen LogP contribution >= 0.6 is 22.7 Å². The van der Waals surface area contributed by atoms with Crippen LogP contribution in [0.2, 0.25) is 0 Å². The first-order valence-electron chi connectivity index (χ1n) is 5.80. The Bertz CT molecular complexity index is 590. The van der Waals surface area contributed by atoms with Gasteiger partial charge in [-0.15, -0.1) is 21.5 Å². The summed E-state index contributed by atoms with van der Waals surface area (Å²) in [5, 5.41) is 12.2. The number of carbonyl (C=O) groups is 1. The fraction of sp³-hybridized carbons (Fsp3) is 0.417. The minimum atomic E-state index is -0.207. The highest BCUT2D eigenvalue weighted by atomic mass is 32.1. The molecule has 0 saturated heterocycles. The van der Waals surface area contributed by atoms with Gasteiger partial charge in [0.15, 0.2) is 0 Å². The summed E-state index contributed by atoms with van der Waals surface area (Å²) in [6, 6.07) is 1.85. The number of amides is 1. The molecule has 0 unspecified atom stereocenters. The predicted molar refractivity (Wildman–Crippen MR) is 77.6 cm³/mol. The second kappa shape index (κ2) is 5.66. The van der Waals surface area contributed by atoms with Gasteiger partial charge in [0, 0.05) is 10.8 Å². The van der Waals surface area contributed by atoms with E-state index in [1.54, 1.807) is 7.11 Å². The van der Waals surface area contributed by atoms with Crippen LogP contribution in [-0.4, -0.2) is 23.2 Å². The first-order valence-corrected chi connectivity index (χ1v) is 7.43. The highest BCUT2D eigenvalue weighted by Gasteiger charge is 2.18. The molecule has 2 aromatic rings. The molecule has 5 nitrogen and oxygen atoms in total. The number of carbonyl (C=O) groups excluding carboxylic acids is 1. The van der Waals surface area contributed by atoms with Crippen molar-refractivity contribution in [1.29, 1.82) is 0 Å². The number of rotatable bonds is 4. The normalized spacial score (nSPS) is 10.8. The van der Waals surface area contributed by atoms with Gasteiger partial charge in [-0.3, -0.25) is 10.1 Å². The summed E-state index contributed by atoms with van der Waals surface area (Å²) in [6.45, 7) is 6.02. The molecular weight excluding hydrogens is 282 g/mol. The topological polar surface area (TPSA) is 64.1 Å². The monoisotopic (exact) mass is 297 g/mol. The van der Waals surface area contributed by atoms with E-state index in [2.05, 4.69) is 15.5 Å². The molecule has 2 aromatic heterocycles. The predicted octanol–water partition coefficient (Wildman–Crippen LogP) is 3.29. The lowest BCUT2D eigenvalue weighted by atomic mass is 10.2. The highest BCUT2D eigenvalue weighted by Crippen LogP contribution is 2.30. The quantitative estimate of drug-likeness (QED) is 0.940. The number of nitrogens with one attached hydrogen (secondary N) is 1. The zero-order valence-corrected chi connectivity index (χ0v) is 12.8. The molecule has 1 N–H and O–H groups in total. The number of aryl methyl sites for hydroxylation is 1. The Morgan fingerprint density at radius 1 is 1.37 bits per heavy atom. The van der Waals surface area contributed by atoms with Gasteiger partial charge in [0.05, 0.1) is 7.11 Å². The van der Waals surface area contributed by atoms with Crippen LogP contribution in [-0.2, 0) is 0 Å². The molecule has 0 saturated carbocycles.